The molecule has 0 unspecified atom stereocenters. The summed E-state index contributed by atoms with van der Waals surface area (Å²) in [6.45, 7) is 8.56. The first-order chi connectivity index (χ1) is 13.5. The number of hydrogen-bond donors (Lipinski definition) is 1. The van der Waals surface area contributed by atoms with Gasteiger partial charge in [-0.3, -0.25) is 0 Å². The largest absolute Gasteiger partial charge is 0.492 e. The molecule has 0 atom stereocenters. The average molecular weight is 405 g/mol. The summed E-state index contributed by atoms with van der Waals surface area (Å²) in [5.41, 5.74) is 8.44. The van der Waals surface area contributed by atoms with Gasteiger partial charge in [0.25, 0.3) is 5.89 Å². The zero-order valence-electron chi connectivity index (χ0n) is 16.7. The molecule has 7 heteroatoms. The maximum Gasteiger partial charge on any atom is 0.251 e. The lowest BCUT2D eigenvalue weighted by Crippen LogP contribution is -2.34. The predicted molar refractivity (Wildman–Crippen MR) is 111 cm³/mol. The Balaban J connectivity index is 1.49. The Hall–Kier alpha value is -1.79. The molecule has 1 aromatic carbocycles. The van der Waals surface area contributed by atoms with Gasteiger partial charge in [-0.2, -0.15) is 0 Å². The summed E-state index contributed by atoms with van der Waals surface area (Å²) in [7, 11) is 0. The van der Waals surface area contributed by atoms with E-state index in [4.69, 9.17) is 26.5 Å². The van der Waals surface area contributed by atoms with Gasteiger partial charge in [0.05, 0.1) is 22.9 Å². The molecular formula is C21H29ClN4O2. The molecule has 28 heavy (non-hydrogen) atoms. The first kappa shape index (κ1) is 19.5. The van der Waals surface area contributed by atoms with E-state index >= 15 is 0 Å². The molecule has 3 heterocycles. The molecule has 0 aliphatic carbocycles. The number of likely N-dealkylation sites (tertiary alicyclic amines) is 1. The molecule has 0 bridgehead atoms. The molecular weight excluding hydrogens is 376 g/mol. The molecule has 0 saturated carbocycles. The van der Waals surface area contributed by atoms with E-state index in [0.717, 1.165) is 67.5 Å². The van der Waals surface area contributed by atoms with Gasteiger partial charge in [-0.25, -0.2) is 0 Å². The Morgan fingerprint density at radius 1 is 1.29 bits per heavy atom. The molecule has 0 spiro atoms. The lowest BCUT2D eigenvalue weighted by Gasteiger charge is -2.30. The van der Waals surface area contributed by atoms with Gasteiger partial charge >= 0.3 is 0 Å². The zero-order valence-corrected chi connectivity index (χ0v) is 17.5. The van der Waals surface area contributed by atoms with Gasteiger partial charge in [0, 0.05) is 11.5 Å². The molecule has 4 rings (SSSR count). The fourth-order valence-electron chi connectivity index (χ4n) is 4.05. The predicted octanol–water partition coefficient (Wildman–Crippen LogP) is 4.52. The van der Waals surface area contributed by atoms with Crippen LogP contribution in [0.4, 0.5) is 5.69 Å². The quantitative estimate of drug-likeness (QED) is 0.738. The highest BCUT2D eigenvalue weighted by Crippen LogP contribution is 2.43. The van der Waals surface area contributed by atoms with Crippen LogP contribution in [-0.2, 0) is 6.42 Å². The molecule has 6 nitrogen and oxygen atoms in total. The van der Waals surface area contributed by atoms with Gasteiger partial charge in [0.15, 0.2) is 0 Å². The van der Waals surface area contributed by atoms with Gasteiger partial charge < -0.3 is 19.8 Å². The normalized spacial score (nSPS) is 18.3. The highest BCUT2D eigenvalue weighted by atomic mass is 35.5. The van der Waals surface area contributed by atoms with E-state index < -0.39 is 0 Å². The minimum absolute atomic E-state index is 0.317. The number of ether oxygens (including phenoxy) is 1. The smallest absolute Gasteiger partial charge is 0.251 e. The number of rotatable bonds is 5. The van der Waals surface area contributed by atoms with Gasteiger partial charge in [-0.1, -0.05) is 25.4 Å². The number of anilines is 1. The van der Waals surface area contributed by atoms with Crippen molar-refractivity contribution >= 4 is 17.3 Å². The molecule has 2 aliphatic heterocycles. The molecule has 1 saturated heterocycles. The Kier molecular flexibility index (Phi) is 5.78. The summed E-state index contributed by atoms with van der Waals surface area (Å²) in [4.78, 5) is 2.54. The second-order valence-corrected chi connectivity index (χ2v) is 8.73. The topological polar surface area (TPSA) is 77.4 Å². The van der Waals surface area contributed by atoms with Crippen LogP contribution in [-0.4, -0.2) is 41.3 Å². The third-order valence-corrected chi connectivity index (χ3v) is 6.13. The second kappa shape index (κ2) is 8.29. The van der Waals surface area contributed by atoms with Crippen molar-refractivity contribution in [2.75, 3.05) is 32.0 Å². The van der Waals surface area contributed by atoms with Crippen LogP contribution in [0.15, 0.2) is 10.5 Å². The zero-order chi connectivity index (χ0) is 19.7. The average Bonchev–Trinajstić information content (AvgIpc) is 3.19. The molecule has 2 aliphatic rings. The van der Waals surface area contributed by atoms with Crippen LogP contribution in [0.25, 0.3) is 11.5 Å². The van der Waals surface area contributed by atoms with Gasteiger partial charge in [-0.15, -0.1) is 10.2 Å². The first-order valence-electron chi connectivity index (χ1n) is 10.3. The van der Waals surface area contributed by atoms with E-state index in [9.17, 15) is 0 Å². The fourth-order valence-corrected chi connectivity index (χ4v) is 4.27. The number of halogens is 1. The molecule has 152 valence electrons. The summed E-state index contributed by atoms with van der Waals surface area (Å²) in [6.07, 6.45) is 5.14. The Morgan fingerprint density at radius 3 is 2.82 bits per heavy atom. The maximum atomic E-state index is 6.35. The molecule has 0 radical (unpaired) electrons. The van der Waals surface area contributed by atoms with Crippen LogP contribution in [0.1, 0.15) is 56.9 Å². The number of nitrogens with two attached hydrogens (primary N) is 1. The van der Waals surface area contributed by atoms with Crippen LogP contribution in [0, 0.1) is 5.92 Å². The highest BCUT2D eigenvalue weighted by molar-refractivity contribution is 6.33. The molecule has 2 aromatic rings. The van der Waals surface area contributed by atoms with Crippen LogP contribution in [0.2, 0.25) is 5.02 Å². The van der Waals surface area contributed by atoms with Crippen molar-refractivity contribution in [1.82, 2.24) is 15.1 Å². The van der Waals surface area contributed by atoms with E-state index in [1.807, 2.05) is 0 Å². The van der Waals surface area contributed by atoms with Crippen molar-refractivity contribution in [3.8, 4) is 17.2 Å². The van der Waals surface area contributed by atoms with E-state index in [1.165, 1.54) is 13.0 Å². The van der Waals surface area contributed by atoms with E-state index in [2.05, 4.69) is 28.9 Å². The monoisotopic (exact) mass is 404 g/mol. The third kappa shape index (κ3) is 3.98. The summed E-state index contributed by atoms with van der Waals surface area (Å²) >= 11 is 6.35. The minimum Gasteiger partial charge on any atom is -0.492 e. The molecule has 1 fully saturated rings. The Labute approximate surface area is 171 Å². The lowest BCUT2D eigenvalue weighted by atomic mass is 9.96. The van der Waals surface area contributed by atoms with Crippen molar-refractivity contribution in [2.24, 2.45) is 5.92 Å². The van der Waals surface area contributed by atoms with E-state index in [-0.39, 0.29) is 0 Å². The van der Waals surface area contributed by atoms with Crippen molar-refractivity contribution in [1.29, 1.82) is 0 Å². The van der Waals surface area contributed by atoms with Gasteiger partial charge in [-0.05, 0) is 63.7 Å². The van der Waals surface area contributed by atoms with Crippen molar-refractivity contribution in [3.63, 3.8) is 0 Å². The van der Waals surface area contributed by atoms with Gasteiger partial charge in [0.1, 0.15) is 5.75 Å². The summed E-state index contributed by atoms with van der Waals surface area (Å²) in [5, 5.41) is 9.17. The number of nitrogens with zero attached hydrogens (tertiary/aromatic N) is 3. The third-order valence-electron chi connectivity index (χ3n) is 5.82. The fraction of sp³-hybridized carbons (Fsp3) is 0.619. The number of hydrogen-bond acceptors (Lipinski definition) is 6. The van der Waals surface area contributed by atoms with Gasteiger partial charge in [0.2, 0.25) is 5.89 Å². The Bertz CT molecular complexity index is 828. The molecule has 2 N–H and O–H groups in total. The summed E-state index contributed by atoms with van der Waals surface area (Å²) < 4.78 is 12.0. The Morgan fingerprint density at radius 2 is 2.07 bits per heavy atom. The minimum atomic E-state index is 0.317. The number of nitrogen functional groups attached to an aromatic ring is 1. The summed E-state index contributed by atoms with van der Waals surface area (Å²) in [6, 6.07) is 1.78. The maximum absolute atomic E-state index is 6.35. The number of fused-ring (bicyclic) bond motifs is 1. The molecule has 0 amide bonds. The van der Waals surface area contributed by atoms with Crippen LogP contribution in [0.5, 0.6) is 5.75 Å². The number of benzene rings is 1. The SMILES string of the molecule is CC(C)CCN1CCC(c2nnc(-c3cc(Cl)c(N)c4c3OCCC4)o2)CC1. The highest BCUT2D eigenvalue weighted by Gasteiger charge is 2.28. The van der Waals surface area contributed by atoms with Crippen LogP contribution in [0.3, 0.4) is 0 Å². The van der Waals surface area contributed by atoms with Crippen LogP contribution < -0.4 is 10.5 Å². The van der Waals surface area contributed by atoms with Crippen molar-refractivity contribution in [2.45, 2.75) is 51.9 Å². The second-order valence-electron chi connectivity index (χ2n) is 8.32. The van der Waals surface area contributed by atoms with E-state index in [1.54, 1.807) is 6.07 Å². The number of aromatic nitrogens is 2. The number of piperidine rings is 1. The van der Waals surface area contributed by atoms with Crippen LogP contribution >= 0.6 is 11.6 Å². The van der Waals surface area contributed by atoms with Crippen molar-refractivity contribution in [3.05, 3.63) is 22.5 Å². The summed E-state index contributed by atoms with van der Waals surface area (Å²) in [5.74, 6) is 2.99. The van der Waals surface area contributed by atoms with Crippen molar-refractivity contribution < 1.29 is 9.15 Å². The van der Waals surface area contributed by atoms with E-state index in [0.29, 0.717) is 29.1 Å². The first-order valence-corrected chi connectivity index (χ1v) is 10.7. The lowest BCUT2D eigenvalue weighted by molar-refractivity contribution is 0.191. The molecule has 1 aromatic heterocycles. The standard InChI is InChI=1S/C21H29ClN4O2/c1-13(2)5-8-26-9-6-14(7-10-26)20-24-25-21(28-20)16-12-17(22)18(23)15-4-3-11-27-19(15)16/h12-14H,3-11,23H2,1-2H3.